The lowest BCUT2D eigenvalue weighted by atomic mass is 10.0. The van der Waals surface area contributed by atoms with Crippen molar-refractivity contribution >= 4 is 10.8 Å². The fraction of sp³-hybridized carbons (Fsp3) is 0.667. The third-order valence-corrected chi connectivity index (χ3v) is 4.84. The van der Waals surface area contributed by atoms with Crippen LogP contribution >= 0.6 is 0 Å². The van der Waals surface area contributed by atoms with Crippen molar-refractivity contribution in [2.45, 2.75) is 50.0 Å². The van der Waals surface area contributed by atoms with E-state index >= 15 is 0 Å². The molecular formula is C12H18N2OS. The monoisotopic (exact) mass is 238 g/mol. The molecule has 1 unspecified atom stereocenters. The van der Waals surface area contributed by atoms with Gasteiger partial charge in [0.25, 0.3) is 0 Å². The second-order valence-electron chi connectivity index (χ2n) is 4.43. The Bertz CT molecular complexity index is 358. The lowest BCUT2D eigenvalue weighted by Crippen LogP contribution is -2.20. The summed E-state index contributed by atoms with van der Waals surface area (Å²) in [5.41, 5.74) is 1.77. The van der Waals surface area contributed by atoms with Gasteiger partial charge < -0.3 is 0 Å². The van der Waals surface area contributed by atoms with Crippen LogP contribution in [-0.4, -0.2) is 19.4 Å². The van der Waals surface area contributed by atoms with Gasteiger partial charge in [-0.05, 0) is 19.8 Å². The van der Waals surface area contributed by atoms with Gasteiger partial charge in [0.1, 0.15) is 0 Å². The highest BCUT2D eigenvalue weighted by atomic mass is 32.2. The first-order valence-corrected chi connectivity index (χ1v) is 7.28. The van der Waals surface area contributed by atoms with Crippen LogP contribution in [0.5, 0.6) is 0 Å². The average molecular weight is 238 g/mol. The topological polar surface area (TPSA) is 42.9 Å². The van der Waals surface area contributed by atoms with E-state index < -0.39 is 10.8 Å². The van der Waals surface area contributed by atoms with Crippen LogP contribution in [0.1, 0.15) is 43.5 Å². The first-order valence-electron chi connectivity index (χ1n) is 5.90. The Balaban J connectivity index is 1.93. The second kappa shape index (κ2) is 5.53. The quantitative estimate of drug-likeness (QED) is 0.812. The highest BCUT2D eigenvalue weighted by Gasteiger charge is 2.20. The van der Waals surface area contributed by atoms with Crippen molar-refractivity contribution in [1.82, 2.24) is 9.97 Å². The van der Waals surface area contributed by atoms with Crippen molar-refractivity contribution in [2.75, 3.05) is 0 Å². The van der Waals surface area contributed by atoms with E-state index in [1.54, 1.807) is 12.4 Å². The third-order valence-electron chi connectivity index (χ3n) is 3.05. The number of aryl methyl sites for hydroxylation is 1. The molecule has 0 N–H and O–H groups in total. The van der Waals surface area contributed by atoms with Crippen molar-refractivity contribution in [3.8, 4) is 0 Å². The van der Waals surface area contributed by atoms with Crippen LogP contribution in [0.15, 0.2) is 12.4 Å². The third kappa shape index (κ3) is 3.11. The lowest BCUT2D eigenvalue weighted by molar-refractivity contribution is 0.504. The van der Waals surface area contributed by atoms with E-state index in [2.05, 4.69) is 9.97 Å². The molecule has 2 rings (SSSR count). The molecule has 1 fully saturated rings. The van der Waals surface area contributed by atoms with E-state index in [1.165, 1.54) is 19.3 Å². The van der Waals surface area contributed by atoms with E-state index in [-0.39, 0.29) is 0 Å². The van der Waals surface area contributed by atoms with Gasteiger partial charge in [-0.25, -0.2) is 0 Å². The minimum atomic E-state index is -0.767. The summed E-state index contributed by atoms with van der Waals surface area (Å²) < 4.78 is 12.1. The minimum Gasteiger partial charge on any atom is -0.259 e. The zero-order valence-corrected chi connectivity index (χ0v) is 10.5. The van der Waals surface area contributed by atoms with Crippen molar-refractivity contribution < 1.29 is 4.21 Å². The first kappa shape index (κ1) is 11.7. The predicted octanol–water partition coefficient (Wildman–Crippen LogP) is 2.37. The molecule has 1 atom stereocenters. The number of aromatic nitrogens is 2. The fourth-order valence-corrected chi connectivity index (χ4v) is 3.62. The average Bonchev–Trinajstić information content (AvgIpc) is 2.33. The number of nitrogens with zero attached hydrogens (tertiary/aromatic N) is 2. The van der Waals surface area contributed by atoms with Gasteiger partial charge >= 0.3 is 0 Å². The molecule has 0 aliphatic heterocycles. The highest BCUT2D eigenvalue weighted by Crippen LogP contribution is 2.23. The van der Waals surface area contributed by atoms with Crippen LogP contribution in [0.25, 0.3) is 0 Å². The first-order chi connectivity index (χ1) is 7.75. The van der Waals surface area contributed by atoms with E-state index in [9.17, 15) is 4.21 Å². The molecule has 0 spiro atoms. The molecule has 0 amide bonds. The summed E-state index contributed by atoms with van der Waals surface area (Å²) >= 11 is 0. The minimum absolute atomic E-state index is 0.386. The van der Waals surface area contributed by atoms with Gasteiger partial charge in [0.15, 0.2) is 0 Å². The summed E-state index contributed by atoms with van der Waals surface area (Å²) in [5.74, 6) is 0.567. The molecule has 0 aromatic carbocycles. The Morgan fingerprint density at radius 1 is 1.25 bits per heavy atom. The zero-order chi connectivity index (χ0) is 11.4. The molecule has 0 saturated heterocycles. The molecule has 1 aliphatic carbocycles. The molecule has 1 saturated carbocycles. The predicted molar refractivity (Wildman–Crippen MR) is 65.5 cm³/mol. The fourth-order valence-electron chi connectivity index (χ4n) is 2.09. The van der Waals surface area contributed by atoms with Crippen molar-refractivity contribution in [2.24, 2.45) is 0 Å². The number of rotatable bonds is 3. The molecule has 3 nitrogen and oxygen atoms in total. The maximum absolute atomic E-state index is 12.1. The Morgan fingerprint density at radius 3 is 2.62 bits per heavy atom. The molecule has 1 heterocycles. The summed E-state index contributed by atoms with van der Waals surface area (Å²) in [7, 11) is -0.767. The van der Waals surface area contributed by atoms with E-state index in [0.717, 1.165) is 24.2 Å². The van der Waals surface area contributed by atoms with Crippen LogP contribution < -0.4 is 0 Å². The maximum atomic E-state index is 12.1. The highest BCUT2D eigenvalue weighted by molar-refractivity contribution is 7.84. The Morgan fingerprint density at radius 2 is 2.00 bits per heavy atom. The zero-order valence-electron chi connectivity index (χ0n) is 9.69. The molecule has 16 heavy (non-hydrogen) atoms. The largest absolute Gasteiger partial charge is 0.259 e. The van der Waals surface area contributed by atoms with E-state index in [1.807, 2.05) is 6.92 Å². The summed E-state index contributed by atoms with van der Waals surface area (Å²) in [6, 6.07) is 0. The molecule has 0 bridgehead atoms. The standard InChI is InChI=1S/C12H18N2OS/c1-10-7-14-11(8-13-10)9-16(15)12-5-3-2-4-6-12/h7-8,12H,2-6,9H2,1H3. The van der Waals surface area contributed by atoms with Gasteiger partial charge in [-0.2, -0.15) is 0 Å². The smallest absolute Gasteiger partial charge is 0.0711 e. The second-order valence-corrected chi connectivity index (χ2v) is 6.15. The van der Waals surface area contributed by atoms with Crippen molar-refractivity contribution in [3.05, 3.63) is 23.8 Å². The van der Waals surface area contributed by atoms with Crippen molar-refractivity contribution in [3.63, 3.8) is 0 Å². The van der Waals surface area contributed by atoms with Crippen LogP contribution in [0.4, 0.5) is 0 Å². The molecule has 1 aromatic heterocycles. The van der Waals surface area contributed by atoms with Crippen LogP contribution in [0, 0.1) is 6.92 Å². The summed E-state index contributed by atoms with van der Waals surface area (Å²) in [6.07, 6.45) is 9.49. The van der Waals surface area contributed by atoms with E-state index in [4.69, 9.17) is 0 Å². The normalized spacial score (nSPS) is 19.6. The molecular weight excluding hydrogens is 220 g/mol. The van der Waals surface area contributed by atoms with Crippen LogP contribution in [0.2, 0.25) is 0 Å². The molecule has 88 valence electrons. The molecule has 0 radical (unpaired) electrons. The number of hydrogen-bond donors (Lipinski definition) is 0. The summed E-state index contributed by atoms with van der Waals surface area (Å²) in [6.45, 7) is 1.91. The Kier molecular flexibility index (Phi) is 4.04. The molecule has 4 heteroatoms. The Hall–Kier alpha value is -0.770. The Labute approximate surface area is 99.2 Å². The number of hydrogen-bond acceptors (Lipinski definition) is 3. The van der Waals surface area contributed by atoms with Crippen LogP contribution in [0.3, 0.4) is 0 Å². The SMILES string of the molecule is Cc1cnc(CS(=O)C2CCCCC2)cn1. The summed E-state index contributed by atoms with van der Waals surface area (Å²) in [4.78, 5) is 8.44. The van der Waals surface area contributed by atoms with Gasteiger partial charge in [-0.15, -0.1) is 0 Å². The van der Waals surface area contributed by atoms with E-state index in [0.29, 0.717) is 11.0 Å². The maximum Gasteiger partial charge on any atom is 0.0711 e. The van der Waals surface area contributed by atoms with Gasteiger partial charge in [-0.1, -0.05) is 19.3 Å². The molecule has 1 aromatic rings. The van der Waals surface area contributed by atoms with Crippen LogP contribution in [-0.2, 0) is 16.6 Å². The van der Waals surface area contributed by atoms with Gasteiger partial charge in [-0.3, -0.25) is 14.2 Å². The van der Waals surface area contributed by atoms with Crippen molar-refractivity contribution in [1.29, 1.82) is 0 Å². The lowest BCUT2D eigenvalue weighted by Gasteiger charge is -2.20. The van der Waals surface area contributed by atoms with Gasteiger partial charge in [0.05, 0.1) is 17.1 Å². The molecule has 1 aliphatic rings. The van der Waals surface area contributed by atoms with Gasteiger partial charge in [0.2, 0.25) is 0 Å². The van der Waals surface area contributed by atoms with Gasteiger partial charge in [0, 0.05) is 28.4 Å². The summed E-state index contributed by atoms with van der Waals surface area (Å²) in [5, 5.41) is 0.386.